The zero-order valence-electron chi connectivity index (χ0n) is 18.2. The van der Waals surface area contributed by atoms with Crippen LogP contribution in [-0.2, 0) is 16.0 Å². The smallest absolute Gasteiger partial charge is 0.243 e. The van der Waals surface area contributed by atoms with Crippen molar-refractivity contribution in [3.63, 3.8) is 0 Å². The quantitative estimate of drug-likeness (QED) is 0.262. The third-order valence-electron chi connectivity index (χ3n) is 4.99. The molecule has 1 aliphatic heterocycles. The fourth-order valence-corrected chi connectivity index (χ4v) is 3.12. The lowest BCUT2D eigenvalue weighted by Gasteiger charge is -2.32. The van der Waals surface area contributed by atoms with E-state index in [0.717, 1.165) is 38.9 Å². The van der Waals surface area contributed by atoms with Crippen LogP contribution in [0.5, 0.6) is 0 Å². The SMILES string of the molecule is CNC(=O)CN1CCC(NC(=NCC(=O)N(C)C)NCCc2ccccc2)CC1.I. The van der Waals surface area contributed by atoms with Gasteiger partial charge < -0.3 is 20.9 Å². The molecule has 0 radical (unpaired) electrons. The van der Waals surface area contributed by atoms with Gasteiger partial charge in [-0.3, -0.25) is 14.5 Å². The Bertz CT molecular complexity index is 675. The highest BCUT2D eigenvalue weighted by Gasteiger charge is 2.21. The van der Waals surface area contributed by atoms with E-state index in [-0.39, 0.29) is 48.4 Å². The summed E-state index contributed by atoms with van der Waals surface area (Å²) in [5.41, 5.74) is 1.26. The molecule has 0 atom stereocenters. The van der Waals surface area contributed by atoms with Crippen LogP contribution in [0, 0.1) is 0 Å². The first-order valence-electron chi connectivity index (χ1n) is 10.2. The summed E-state index contributed by atoms with van der Waals surface area (Å²) in [6.07, 6.45) is 2.74. The maximum Gasteiger partial charge on any atom is 0.243 e. The van der Waals surface area contributed by atoms with Crippen LogP contribution in [0.3, 0.4) is 0 Å². The van der Waals surface area contributed by atoms with Crippen LogP contribution in [0.4, 0.5) is 0 Å². The summed E-state index contributed by atoms with van der Waals surface area (Å²) in [6, 6.07) is 10.5. The number of guanidine groups is 1. The van der Waals surface area contributed by atoms with E-state index in [4.69, 9.17) is 0 Å². The molecule has 2 rings (SSSR count). The highest BCUT2D eigenvalue weighted by Crippen LogP contribution is 2.10. The molecule has 1 heterocycles. The molecule has 0 spiro atoms. The zero-order chi connectivity index (χ0) is 21.1. The largest absolute Gasteiger partial charge is 0.358 e. The van der Waals surface area contributed by atoms with Crippen LogP contribution in [0.25, 0.3) is 0 Å². The first-order valence-corrected chi connectivity index (χ1v) is 10.2. The zero-order valence-corrected chi connectivity index (χ0v) is 20.5. The summed E-state index contributed by atoms with van der Waals surface area (Å²) in [4.78, 5) is 31.7. The number of likely N-dealkylation sites (N-methyl/N-ethyl adjacent to an activating group) is 2. The van der Waals surface area contributed by atoms with Crippen molar-refractivity contribution in [2.75, 3.05) is 53.9 Å². The highest BCUT2D eigenvalue weighted by atomic mass is 127. The fraction of sp³-hybridized carbons (Fsp3) is 0.571. The monoisotopic (exact) mass is 530 g/mol. The van der Waals surface area contributed by atoms with Gasteiger partial charge in [-0.1, -0.05) is 30.3 Å². The number of likely N-dealkylation sites (tertiary alicyclic amines) is 1. The van der Waals surface area contributed by atoms with Crippen molar-refractivity contribution < 1.29 is 9.59 Å². The highest BCUT2D eigenvalue weighted by molar-refractivity contribution is 14.0. The van der Waals surface area contributed by atoms with Gasteiger partial charge in [0, 0.05) is 46.8 Å². The first kappa shape index (κ1) is 26.2. The van der Waals surface area contributed by atoms with Crippen molar-refractivity contribution in [1.29, 1.82) is 0 Å². The molecule has 0 saturated carbocycles. The molecule has 0 aliphatic carbocycles. The normalized spacial score (nSPS) is 15.1. The van der Waals surface area contributed by atoms with Crippen molar-refractivity contribution in [3.05, 3.63) is 35.9 Å². The van der Waals surface area contributed by atoms with E-state index in [0.29, 0.717) is 12.5 Å². The Morgan fingerprint density at radius 2 is 1.83 bits per heavy atom. The topological polar surface area (TPSA) is 89.1 Å². The third-order valence-corrected chi connectivity index (χ3v) is 4.99. The van der Waals surface area contributed by atoms with E-state index >= 15 is 0 Å². The molecule has 30 heavy (non-hydrogen) atoms. The van der Waals surface area contributed by atoms with E-state index in [1.807, 2.05) is 18.2 Å². The molecule has 9 heteroatoms. The molecule has 0 bridgehead atoms. The summed E-state index contributed by atoms with van der Waals surface area (Å²) in [6.45, 7) is 3.01. The Hall–Kier alpha value is -1.88. The number of hydrogen-bond acceptors (Lipinski definition) is 4. The van der Waals surface area contributed by atoms with Gasteiger partial charge in [-0.2, -0.15) is 0 Å². The Morgan fingerprint density at radius 3 is 2.43 bits per heavy atom. The molecule has 1 aromatic carbocycles. The number of amides is 2. The van der Waals surface area contributed by atoms with Gasteiger partial charge in [0.15, 0.2) is 5.96 Å². The Balaban J connectivity index is 0.00000450. The van der Waals surface area contributed by atoms with E-state index < -0.39 is 0 Å². The van der Waals surface area contributed by atoms with Gasteiger partial charge in [0.05, 0.1) is 6.54 Å². The molecular weight excluding hydrogens is 495 g/mol. The minimum absolute atomic E-state index is 0. The Kier molecular flexibility index (Phi) is 12.4. The van der Waals surface area contributed by atoms with Crippen molar-refractivity contribution in [2.45, 2.75) is 25.3 Å². The van der Waals surface area contributed by atoms with Crippen LogP contribution in [0.15, 0.2) is 35.3 Å². The van der Waals surface area contributed by atoms with E-state index in [1.54, 1.807) is 26.0 Å². The van der Waals surface area contributed by atoms with Crippen LogP contribution in [-0.4, -0.2) is 87.5 Å². The number of piperidine rings is 1. The van der Waals surface area contributed by atoms with E-state index in [1.165, 1.54) is 5.56 Å². The molecule has 8 nitrogen and oxygen atoms in total. The molecule has 3 N–H and O–H groups in total. The van der Waals surface area contributed by atoms with Gasteiger partial charge in [0.25, 0.3) is 0 Å². The lowest BCUT2D eigenvalue weighted by molar-refractivity contribution is -0.127. The summed E-state index contributed by atoms with van der Waals surface area (Å²) >= 11 is 0. The van der Waals surface area contributed by atoms with Gasteiger partial charge in [-0.15, -0.1) is 24.0 Å². The Morgan fingerprint density at radius 1 is 1.17 bits per heavy atom. The number of carbonyl (C=O) groups is 2. The third kappa shape index (κ3) is 9.75. The summed E-state index contributed by atoms with van der Waals surface area (Å²) < 4.78 is 0. The second-order valence-corrected chi connectivity index (χ2v) is 7.48. The van der Waals surface area contributed by atoms with Crippen molar-refractivity contribution in [3.8, 4) is 0 Å². The number of nitrogens with zero attached hydrogens (tertiary/aromatic N) is 3. The lowest BCUT2D eigenvalue weighted by atomic mass is 10.1. The minimum Gasteiger partial charge on any atom is -0.358 e. The van der Waals surface area contributed by atoms with E-state index in [2.05, 4.69) is 38.0 Å². The first-order chi connectivity index (χ1) is 14.0. The summed E-state index contributed by atoms with van der Waals surface area (Å²) in [7, 11) is 5.13. The molecule has 1 saturated heterocycles. The summed E-state index contributed by atoms with van der Waals surface area (Å²) in [5, 5.41) is 9.49. The second-order valence-electron chi connectivity index (χ2n) is 7.48. The average Bonchev–Trinajstić information content (AvgIpc) is 2.73. The number of benzene rings is 1. The standard InChI is InChI=1S/C21H34N6O2.HI/c1-22-19(28)16-27-13-10-18(11-14-27)25-21(24-15-20(29)26(2)3)23-12-9-17-7-5-4-6-8-17;/h4-8,18H,9-16H2,1-3H3,(H,22,28)(H2,23,24,25);1H. The number of halogens is 1. The van der Waals surface area contributed by atoms with Crippen molar-refractivity contribution >= 4 is 41.8 Å². The van der Waals surface area contributed by atoms with E-state index in [9.17, 15) is 9.59 Å². The molecule has 2 amide bonds. The van der Waals surface area contributed by atoms with Crippen LogP contribution >= 0.6 is 24.0 Å². The van der Waals surface area contributed by atoms with Crippen molar-refractivity contribution in [1.82, 2.24) is 25.8 Å². The molecule has 1 aliphatic rings. The second kappa shape index (κ2) is 14.2. The predicted octanol–water partition coefficient (Wildman–Crippen LogP) is 0.681. The fourth-order valence-electron chi connectivity index (χ4n) is 3.12. The molecule has 0 aromatic heterocycles. The van der Waals surface area contributed by atoms with Gasteiger partial charge in [-0.25, -0.2) is 4.99 Å². The average molecular weight is 530 g/mol. The number of rotatable bonds is 8. The van der Waals surface area contributed by atoms with Crippen LogP contribution < -0.4 is 16.0 Å². The summed E-state index contributed by atoms with van der Waals surface area (Å²) in [5.74, 6) is 0.680. The van der Waals surface area contributed by atoms with Gasteiger partial charge in [0.1, 0.15) is 6.54 Å². The molecular formula is C21H35IN6O2. The Labute approximate surface area is 196 Å². The van der Waals surface area contributed by atoms with Gasteiger partial charge >= 0.3 is 0 Å². The number of carbonyl (C=O) groups excluding carboxylic acids is 2. The van der Waals surface area contributed by atoms with Gasteiger partial charge in [-0.05, 0) is 24.8 Å². The maximum atomic E-state index is 11.9. The lowest BCUT2D eigenvalue weighted by Crippen LogP contribution is -2.50. The minimum atomic E-state index is -0.0328. The number of nitrogens with one attached hydrogen (secondary N) is 3. The number of hydrogen-bond donors (Lipinski definition) is 3. The van der Waals surface area contributed by atoms with Crippen molar-refractivity contribution in [2.24, 2.45) is 4.99 Å². The van der Waals surface area contributed by atoms with Crippen LogP contribution in [0.1, 0.15) is 18.4 Å². The molecule has 168 valence electrons. The maximum absolute atomic E-state index is 11.9. The molecule has 1 aromatic rings. The number of aliphatic imine (C=N–C) groups is 1. The molecule has 1 fully saturated rings. The van der Waals surface area contributed by atoms with Crippen LogP contribution in [0.2, 0.25) is 0 Å². The predicted molar refractivity (Wildman–Crippen MR) is 131 cm³/mol. The molecule has 0 unspecified atom stereocenters. The van der Waals surface area contributed by atoms with Gasteiger partial charge in [0.2, 0.25) is 11.8 Å².